The number of pyridine rings is 1. The van der Waals surface area contributed by atoms with Crippen molar-refractivity contribution >= 4 is 0 Å². The Hall–Kier alpha value is -2.29. The predicted molar refractivity (Wildman–Crippen MR) is 109 cm³/mol. The molecule has 25 heavy (non-hydrogen) atoms. The van der Waals surface area contributed by atoms with Crippen LogP contribution >= 0.6 is 0 Å². The molecule has 0 aromatic carbocycles. The van der Waals surface area contributed by atoms with Gasteiger partial charge in [0.1, 0.15) is 0 Å². The van der Waals surface area contributed by atoms with E-state index >= 15 is 0 Å². The molecular weight excluding hydrogens is 306 g/mol. The Bertz CT molecular complexity index is 517. The van der Waals surface area contributed by atoms with Gasteiger partial charge in [-0.05, 0) is 57.0 Å². The molecule has 0 bridgehead atoms. The Morgan fingerprint density at radius 2 is 1.76 bits per heavy atom. The van der Waals surface area contributed by atoms with E-state index in [0.29, 0.717) is 0 Å². The first-order chi connectivity index (χ1) is 12.3. The fourth-order valence-electron chi connectivity index (χ4n) is 2.19. The van der Waals surface area contributed by atoms with Crippen molar-refractivity contribution in [1.82, 2.24) is 14.8 Å². The third kappa shape index (κ3) is 11.0. The second-order valence-electron chi connectivity index (χ2n) is 5.99. The molecule has 0 radical (unpaired) electrons. The minimum absolute atomic E-state index is 1.08. The van der Waals surface area contributed by atoms with E-state index in [1.165, 1.54) is 25.0 Å². The van der Waals surface area contributed by atoms with Crippen LogP contribution in [0.3, 0.4) is 0 Å². The molecule has 0 spiro atoms. The van der Waals surface area contributed by atoms with Gasteiger partial charge in [0, 0.05) is 38.6 Å². The maximum atomic E-state index is 3.78. The largest absolute Gasteiger partial charge is 0.374 e. The van der Waals surface area contributed by atoms with Gasteiger partial charge in [-0.2, -0.15) is 0 Å². The highest BCUT2D eigenvalue weighted by Crippen LogP contribution is 2.06. The third-order valence-corrected chi connectivity index (χ3v) is 3.85. The SMILES string of the molecule is CCCCN1C=CC(C)=CC1.CCN1C=CC=CC1.c1ccncc1. The van der Waals surface area contributed by atoms with Gasteiger partial charge in [0.05, 0.1) is 0 Å². The van der Waals surface area contributed by atoms with Gasteiger partial charge < -0.3 is 9.80 Å². The van der Waals surface area contributed by atoms with Crippen molar-refractivity contribution in [3.8, 4) is 0 Å². The molecule has 0 aliphatic carbocycles. The second kappa shape index (κ2) is 14.1. The van der Waals surface area contributed by atoms with E-state index in [1.807, 2.05) is 18.2 Å². The van der Waals surface area contributed by atoms with Crippen molar-refractivity contribution in [3.63, 3.8) is 0 Å². The minimum Gasteiger partial charge on any atom is -0.374 e. The highest BCUT2D eigenvalue weighted by molar-refractivity contribution is 5.19. The van der Waals surface area contributed by atoms with E-state index in [0.717, 1.165) is 19.6 Å². The third-order valence-electron chi connectivity index (χ3n) is 3.85. The highest BCUT2D eigenvalue weighted by atomic mass is 15.1. The summed E-state index contributed by atoms with van der Waals surface area (Å²) >= 11 is 0. The predicted octanol–water partition coefficient (Wildman–Crippen LogP) is 5.04. The zero-order valence-electron chi connectivity index (χ0n) is 16.0. The summed E-state index contributed by atoms with van der Waals surface area (Å²) in [6, 6.07) is 5.72. The Labute approximate surface area is 154 Å². The number of nitrogens with zero attached hydrogens (tertiary/aromatic N) is 3. The van der Waals surface area contributed by atoms with Gasteiger partial charge in [-0.15, -0.1) is 0 Å². The van der Waals surface area contributed by atoms with Gasteiger partial charge >= 0.3 is 0 Å². The Kier molecular flexibility index (Phi) is 11.7. The highest BCUT2D eigenvalue weighted by Gasteiger charge is 1.99. The number of hydrogen-bond donors (Lipinski definition) is 0. The van der Waals surface area contributed by atoms with Crippen LogP contribution in [0, 0.1) is 0 Å². The summed E-state index contributed by atoms with van der Waals surface area (Å²) < 4.78 is 0. The van der Waals surface area contributed by atoms with Crippen LogP contribution in [0.5, 0.6) is 0 Å². The molecule has 1 aromatic rings. The molecule has 136 valence electrons. The topological polar surface area (TPSA) is 19.4 Å². The van der Waals surface area contributed by atoms with Crippen molar-refractivity contribution in [2.24, 2.45) is 0 Å². The summed E-state index contributed by atoms with van der Waals surface area (Å²) in [6.45, 7) is 11.0. The van der Waals surface area contributed by atoms with Gasteiger partial charge in [-0.25, -0.2) is 0 Å². The van der Waals surface area contributed by atoms with Gasteiger partial charge in [0.15, 0.2) is 0 Å². The molecule has 0 unspecified atom stereocenters. The Morgan fingerprint density at radius 1 is 0.960 bits per heavy atom. The molecule has 0 amide bonds. The van der Waals surface area contributed by atoms with Crippen molar-refractivity contribution in [3.05, 3.63) is 78.9 Å². The number of likely N-dealkylation sites (N-methyl/N-ethyl adjacent to an activating group) is 1. The van der Waals surface area contributed by atoms with Crippen LogP contribution in [0.25, 0.3) is 0 Å². The van der Waals surface area contributed by atoms with Gasteiger partial charge in [0.2, 0.25) is 0 Å². The molecule has 3 nitrogen and oxygen atoms in total. The van der Waals surface area contributed by atoms with E-state index in [-0.39, 0.29) is 0 Å². The number of hydrogen-bond acceptors (Lipinski definition) is 3. The maximum Gasteiger partial charge on any atom is 0.0359 e. The van der Waals surface area contributed by atoms with Gasteiger partial charge in [0.25, 0.3) is 0 Å². The van der Waals surface area contributed by atoms with Crippen LogP contribution in [0.2, 0.25) is 0 Å². The fourth-order valence-corrected chi connectivity index (χ4v) is 2.19. The van der Waals surface area contributed by atoms with Crippen molar-refractivity contribution in [1.29, 1.82) is 0 Å². The number of rotatable bonds is 4. The van der Waals surface area contributed by atoms with E-state index in [9.17, 15) is 0 Å². The van der Waals surface area contributed by atoms with Crippen LogP contribution in [0.4, 0.5) is 0 Å². The quantitative estimate of drug-likeness (QED) is 0.766. The van der Waals surface area contributed by atoms with Crippen molar-refractivity contribution < 1.29 is 0 Å². The zero-order valence-corrected chi connectivity index (χ0v) is 16.0. The summed E-state index contributed by atoms with van der Waals surface area (Å²) in [5.41, 5.74) is 1.39. The summed E-state index contributed by atoms with van der Waals surface area (Å²) in [6.07, 6.45) is 21.1. The smallest absolute Gasteiger partial charge is 0.0359 e. The van der Waals surface area contributed by atoms with Gasteiger partial charge in [-0.3, -0.25) is 4.98 Å². The molecule has 3 rings (SSSR count). The van der Waals surface area contributed by atoms with E-state index in [4.69, 9.17) is 0 Å². The lowest BCUT2D eigenvalue weighted by Gasteiger charge is -2.21. The van der Waals surface area contributed by atoms with Crippen LogP contribution in [-0.2, 0) is 0 Å². The molecule has 3 heteroatoms. The second-order valence-corrected chi connectivity index (χ2v) is 5.99. The lowest BCUT2D eigenvalue weighted by atomic mass is 10.2. The zero-order chi connectivity index (χ0) is 18.2. The van der Waals surface area contributed by atoms with Crippen LogP contribution in [-0.4, -0.2) is 41.0 Å². The maximum absolute atomic E-state index is 3.78. The Balaban J connectivity index is 0.000000197. The fraction of sp³-hybridized carbons (Fsp3) is 0.409. The van der Waals surface area contributed by atoms with E-state index in [2.05, 4.69) is 78.3 Å². The van der Waals surface area contributed by atoms with Crippen molar-refractivity contribution in [2.45, 2.75) is 33.6 Å². The molecule has 0 saturated heterocycles. The summed E-state index contributed by atoms with van der Waals surface area (Å²) in [4.78, 5) is 8.39. The molecule has 2 aliphatic rings. The van der Waals surface area contributed by atoms with Crippen LogP contribution in [0.15, 0.2) is 78.9 Å². The summed E-state index contributed by atoms with van der Waals surface area (Å²) in [5.74, 6) is 0. The number of unbranched alkanes of at least 4 members (excludes halogenated alkanes) is 1. The van der Waals surface area contributed by atoms with E-state index in [1.54, 1.807) is 12.4 Å². The average molecular weight is 340 g/mol. The van der Waals surface area contributed by atoms with Crippen molar-refractivity contribution in [2.75, 3.05) is 26.2 Å². The first-order valence-electron chi connectivity index (χ1n) is 9.27. The molecule has 0 atom stereocenters. The first-order valence-corrected chi connectivity index (χ1v) is 9.27. The minimum atomic E-state index is 1.08. The molecule has 0 N–H and O–H groups in total. The average Bonchev–Trinajstić information content (AvgIpc) is 2.70. The standard InChI is InChI=1S/C10H17N.C7H11N.C5H5N/c1-3-4-7-11-8-5-10(2)6-9-11;1-2-8-6-4-3-5-7-8;1-2-4-6-5-3-1/h5-6,8H,3-4,7,9H2,1-2H3;3-6H,2,7H2,1H3;1-5H. The molecule has 0 saturated carbocycles. The monoisotopic (exact) mass is 339 g/mol. The molecule has 1 aromatic heterocycles. The van der Waals surface area contributed by atoms with Crippen LogP contribution < -0.4 is 0 Å². The first kappa shape index (κ1) is 20.8. The molecule has 2 aliphatic heterocycles. The molecule has 3 heterocycles. The van der Waals surface area contributed by atoms with Crippen LogP contribution in [0.1, 0.15) is 33.6 Å². The lowest BCUT2D eigenvalue weighted by molar-refractivity contribution is 0.399. The normalized spacial score (nSPS) is 14.9. The lowest BCUT2D eigenvalue weighted by Crippen LogP contribution is -2.20. The Morgan fingerprint density at radius 3 is 2.16 bits per heavy atom. The summed E-state index contributed by atoms with van der Waals surface area (Å²) in [7, 11) is 0. The number of allylic oxidation sites excluding steroid dienone is 4. The van der Waals surface area contributed by atoms with Gasteiger partial charge in [-0.1, -0.05) is 43.2 Å². The molecule has 0 fully saturated rings. The number of aromatic nitrogens is 1. The molecular formula is C22H33N3. The van der Waals surface area contributed by atoms with E-state index < -0.39 is 0 Å². The summed E-state index contributed by atoms with van der Waals surface area (Å²) in [5, 5.41) is 0.